The largest absolute Gasteiger partial charge is 0.359 e. The lowest BCUT2D eigenvalue weighted by molar-refractivity contribution is -0.116. The molecule has 1 aromatic rings. The normalized spacial score (nSPS) is 19.7. The number of carbonyl (C=O) groups is 1. The van der Waals surface area contributed by atoms with Gasteiger partial charge in [0.15, 0.2) is 5.78 Å². The number of nitrogens with zero attached hydrogens (tertiary/aromatic N) is 1. The Bertz CT molecular complexity index is 383. The molecule has 2 nitrogen and oxygen atoms in total. The summed E-state index contributed by atoms with van der Waals surface area (Å²) >= 11 is 0. The molecule has 0 N–H and O–H groups in total. The minimum Gasteiger partial charge on any atom is -0.359 e. The van der Waals surface area contributed by atoms with Gasteiger partial charge in [-0.25, -0.2) is 4.39 Å². The van der Waals surface area contributed by atoms with Crippen LogP contribution in [0.15, 0.2) is 24.3 Å². The maximum Gasteiger partial charge on any atom is 0.154 e. The maximum atomic E-state index is 12.8. The van der Waals surface area contributed by atoms with E-state index < -0.39 is 0 Å². The summed E-state index contributed by atoms with van der Waals surface area (Å²) in [6.07, 6.45) is 0.560. The number of hydrogen-bond acceptors (Lipinski definition) is 2. The van der Waals surface area contributed by atoms with Gasteiger partial charge in [0.1, 0.15) is 5.82 Å². The molecule has 0 atom stereocenters. The van der Waals surface area contributed by atoms with Gasteiger partial charge in [0.2, 0.25) is 0 Å². The number of halogens is 1. The van der Waals surface area contributed by atoms with E-state index in [2.05, 4.69) is 0 Å². The van der Waals surface area contributed by atoms with Crippen LogP contribution in [0.5, 0.6) is 0 Å². The zero-order valence-electron chi connectivity index (χ0n) is 8.96. The molecule has 80 valence electrons. The lowest BCUT2D eigenvalue weighted by Crippen LogP contribution is -2.38. The third-order valence-electron chi connectivity index (χ3n) is 2.83. The number of benzene rings is 1. The van der Waals surface area contributed by atoms with E-state index in [9.17, 15) is 9.18 Å². The van der Waals surface area contributed by atoms with E-state index >= 15 is 0 Å². The van der Waals surface area contributed by atoms with Crippen LogP contribution < -0.4 is 4.90 Å². The second-order valence-electron chi connectivity index (χ2n) is 4.59. The lowest BCUT2D eigenvalue weighted by atomic mass is 10.0. The minimum absolute atomic E-state index is 0.158. The molecular formula is C12H14FNO. The van der Waals surface area contributed by atoms with Gasteiger partial charge in [0.25, 0.3) is 0 Å². The highest BCUT2D eigenvalue weighted by Gasteiger charge is 2.37. The molecule has 2 rings (SSSR count). The first-order valence-corrected chi connectivity index (χ1v) is 5.04. The van der Waals surface area contributed by atoms with Crippen molar-refractivity contribution >= 4 is 11.5 Å². The molecule has 0 unspecified atom stereocenters. The average Bonchev–Trinajstić information content (AvgIpc) is 2.41. The van der Waals surface area contributed by atoms with Crippen molar-refractivity contribution in [2.45, 2.75) is 25.8 Å². The summed E-state index contributed by atoms with van der Waals surface area (Å²) in [6, 6.07) is 6.29. The highest BCUT2D eigenvalue weighted by molar-refractivity contribution is 5.89. The fourth-order valence-electron chi connectivity index (χ4n) is 2.09. The van der Waals surface area contributed by atoms with Crippen LogP contribution in [0.3, 0.4) is 0 Å². The van der Waals surface area contributed by atoms with Gasteiger partial charge in [-0.2, -0.15) is 0 Å². The van der Waals surface area contributed by atoms with Gasteiger partial charge in [-0.1, -0.05) is 0 Å². The van der Waals surface area contributed by atoms with Crippen LogP contribution in [0.4, 0.5) is 10.1 Å². The molecule has 0 saturated carbocycles. The average molecular weight is 207 g/mol. The monoisotopic (exact) mass is 207 g/mol. The second kappa shape index (κ2) is 3.33. The first-order chi connectivity index (χ1) is 6.99. The molecule has 1 saturated heterocycles. The number of hydrogen-bond donors (Lipinski definition) is 0. The SMILES string of the molecule is CC1(C)CC(=O)CN1c1ccc(F)cc1. The smallest absolute Gasteiger partial charge is 0.154 e. The van der Waals surface area contributed by atoms with E-state index in [0.717, 1.165) is 5.69 Å². The van der Waals surface area contributed by atoms with Crippen molar-refractivity contribution in [2.24, 2.45) is 0 Å². The summed E-state index contributed by atoms with van der Waals surface area (Å²) in [5.41, 5.74) is 0.752. The Kier molecular flexibility index (Phi) is 2.25. The van der Waals surface area contributed by atoms with Gasteiger partial charge >= 0.3 is 0 Å². The van der Waals surface area contributed by atoms with Crippen molar-refractivity contribution in [1.29, 1.82) is 0 Å². The quantitative estimate of drug-likeness (QED) is 0.704. The van der Waals surface area contributed by atoms with Crippen LogP contribution in [0.1, 0.15) is 20.3 Å². The van der Waals surface area contributed by atoms with Gasteiger partial charge in [-0.15, -0.1) is 0 Å². The van der Waals surface area contributed by atoms with Crippen LogP contribution in [0.2, 0.25) is 0 Å². The number of ketones is 1. The fourth-order valence-corrected chi connectivity index (χ4v) is 2.09. The zero-order chi connectivity index (χ0) is 11.1. The Balaban J connectivity index is 2.31. The first kappa shape index (κ1) is 10.1. The summed E-state index contributed by atoms with van der Waals surface area (Å²) in [7, 11) is 0. The third-order valence-corrected chi connectivity index (χ3v) is 2.83. The molecule has 0 radical (unpaired) electrons. The number of rotatable bonds is 1. The Labute approximate surface area is 88.7 Å². The summed E-state index contributed by atoms with van der Waals surface area (Å²) in [4.78, 5) is 13.4. The molecule has 1 fully saturated rings. The Morgan fingerprint density at radius 3 is 2.33 bits per heavy atom. The molecule has 0 spiro atoms. The van der Waals surface area contributed by atoms with Gasteiger partial charge in [0, 0.05) is 17.6 Å². The van der Waals surface area contributed by atoms with Gasteiger partial charge in [-0.3, -0.25) is 4.79 Å². The Morgan fingerprint density at radius 1 is 1.27 bits per heavy atom. The van der Waals surface area contributed by atoms with E-state index in [-0.39, 0.29) is 17.1 Å². The van der Waals surface area contributed by atoms with Gasteiger partial charge in [-0.05, 0) is 38.1 Å². The van der Waals surface area contributed by atoms with Crippen molar-refractivity contribution < 1.29 is 9.18 Å². The molecule has 0 bridgehead atoms. The predicted octanol–water partition coefficient (Wildman–Crippen LogP) is 2.38. The number of Topliss-reactive ketones (excluding diaryl/α,β-unsaturated/α-hetero) is 1. The van der Waals surface area contributed by atoms with Gasteiger partial charge in [0.05, 0.1) is 6.54 Å². The molecule has 1 aliphatic rings. The topological polar surface area (TPSA) is 20.3 Å². The van der Waals surface area contributed by atoms with Crippen LogP contribution in [0.25, 0.3) is 0 Å². The highest BCUT2D eigenvalue weighted by atomic mass is 19.1. The van der Waals surface area contributed by atoms with Crippen LogP contribution in [0, 0.1) is 5.82 Å². The van der Waals surface area contributed by atoms with Crippen molar-refractivity contribution in [3.8, 4) is 0 Å². The molecule has 1 heterocycles. The van der Waals surface area contributed by atoms with Crippen LogP contribution >= 0.6 is 0 Å². The molecule has 15 heavy (non-hydrogen) atoms. The van der Waals surface area contributed by atoms with Crippen molar-refractivity contribution in [3.63, 3.8) is 0 Å². The maximum absolute atomic E-state index is 12.8. The van der Waals surface area contributed by atoms with Gasteiger partial charge < -0.3 is 4.90 Å². The fraction of sp³-hybridized carbons (Fsp3) is 0.417. The van der Waals surface area contributed by atoms with Crippen molar-refractivity contribution in [2.75, 3.05) is 11.4 Å². The molecule has 0 amide bonds. The Hall–Kier alpha value is -1.38. The van der Waals surface area contributed by atoms with Crippen LogP contribution in [-0.4, -0.2) is 17.9 Å². The zero-order valence-corrected chi connectivity index (χ0v) is 8.96. The van der Waals surface area contributed by atoms with Crippen molar-refractivity contribution in [3.05, 3.63) is 30.1 Å². The summed E-state index contributed by atoms with van der Waals surface area (Å²) in [5, 5.41) is 0. The standard InChI is InChI=1S/C12H14FNO/c1-12(2)7-11(15)8-14(12)10-5-3-9(13)4-6-10/h3-6H,7-8H2,1-2H3. The number of carbonyl (C=O) groups excluding carboxylic acids is 1. The molecule has 3 heteroatoms. The minimum atomic E-state index is -0.248. The lowest BCUT2D eigenvalue weighted by Gasteiger charge is -2.32. The Morgan fingerprint density at radius 2 is 1.87 bits per heavy atom. The summed E-state index contributed by atoms with van der Waals surface area (Å²) in [5.74, 6) is -0.00796. The van der Waals surface area contributed by atoms with E-state index in [1.807, 2.05) is 18.7 Å². The van der Waals surface area contributed by atoms with E-state index in [4.69, 9.17) is 0 Å². The molecule has 1 aliphatic heterocycles. The summed E-state index contributed by atoms with van der Waals surface area (Å²) < 4.78 is 12.8. The highest BCUT2D eigenvalue weighted by Crippen LogP contribution is 2.31. The molecule has 1 aromatic carbocycles. The first-order valence-electron chi connectivity index (χ1n) is 5.04. The van der Waals surface area contributed by atoms with E-state index in [1.54, 1.807) is 12.1 Å². The molecular weight excluding hydrogens is 193 g/mol. The molecule has 0 aromatic heterocycles. The van der Waals surface area contributed by atoms with E-state index in [0.29, 0.717) is 13.0 Å². The second-order valence-corrected chi connectivity index (χ2v) is 4.59. The molecule has 0 aliphatic carbocycles. The van der Waals surface area contributed by atoms with Crippen molar-refractivity contribution in [1.82, 2.24) is 0 Å². The summed E-state index contributed by atoms with van der Waals surface area (Å²) in [6.45, 7) is 4.49. The third kappa shape index (κ3) is 1.87. The predicted molar refractivity (Wildman–Crippen MR) is 57.4 cm³/mol. The van der Waals surface area contributed by atoms with Crippen LogP contribution in [-0.2, 0) is 4.79 Å². The number of anilines is 1. The van der Waals surface area contributed by atoms with E-state index in [1.165, 1.54) is 12.1 Å².